The normalized spacial score (nSPS) is 14.1. The fraction of sp³-hybridized carbons (Fsp3) is 0.852. The van der Waals surface area contributed by atoms with E-state index in [-0.39, 0.29) is 0 Å². The van der Waals surface area contributed by atoms with Gasteiger partial charge in [0.1, 0.15) is 0 Å². The summed E-state index contributed by atoms with van der Waals surface area (Å²) in [5.74, 6) is 1.84. The van der Waals surface area contributed by atoms with E-state index in [4.69, 9.17) is 0 Å². The molecule has 0 bridgehead atoms. The maximum Gasteiger partial charge on any atom is -0.0351 e. The van der Waals surface area contributed by atoms with E-state index < -0.39 is 0 Å². The van der Waals surface area contributed by atoms with Crippen molar-refractivity contribution in [3.63, 3.8) is 0 Å². The second-order valence-corrected chi connectivity index (χ2v) is 9.01. The predicted molar refractivity (Wildman–Crippen MR) is 126 cm³/mol. The molecule has 2 atom stereocenters. The lowest BCUT2D eigenvalue weighted by atomic mass is 9.96. The van der Waals surface area contributed by atoms with Gasteiger partial charge in [-0.05, 0) is 37.5 Å². The lowest BCUT2D eigenvalue weighted by Crippen LogP contribution is -1.95. The van der Waals surface area contributed by atoms with Crippen molar-refractivity contribution in [1.82, 2.24) is 0 Å². The van der Waals surface area contributed by atoms with Gasteiger partial charge in [0, 0.05) is 0 Å². The molecule has 27 heavy (non-hydrogen) atoms. The van der Waals surface area contributed by atoms with E-state index in [1.54, 1.807) is 0 Å². The minimum Gasteiger partial charge on any atom is -0.0885 e. The Balaban J connectivity index is 3.32. The minimum atomic E-state index is 0.915. The first-order valence-electron chi connectivity index (χ1n) is 12.4. The molecule has 0 rings (SSSR count). The lowest BCUT2D eigenvalue weighted by Gasteiger charge is -2.10. The Morgan fingerprint density at radius 2 is 0.852 bits per heavy atom. The second-order valence-electron chi connectivity index (χ2n) is 9.01. The molecule has 0 aliphatic carbocycles. The number of hydrogen-bond donors (Lipinski definition) is 0. The summed E-state index contributed by atoms with van der Waals surface area (Å²) in [6.07, 6.45) is 30.6. The standard InChI is InChI=1S/C27H52/c1-5-7-9-14-18-22-26(3)24-20-16-12-11-13-17-21-25-27(4)23-19-15-10-8-6-2/h11-12,26-27H,1-2,5-10,13-25H2,3-4H3/b12-11+. The van der Waals surface area contributed by atoms with Crippen molar-refractivity contribution < 1.29 is 0 Å². The smallest absolute Gasteiger partial charge is 0.0351 e. The first-order valence-corrected chi connectivity index (χ1v) is 12.4. The first kappa shape index (κ1) is 26.7. The highest BCUT2D eigenvalue weighted by molar-refractivity contribution is 4.81. The molecule has 0 aliphatic heterocycles. The molecule has 0 spiro atoms. The Morgan fingerprint density at radius 1 is 0.481 bits per heavy atom. The van der Waals surface area contributed by atoms with Gasteiger partial charge in [0.05, 0.1) is 0 Å². The summed E-state index contributed by atoms with van der Waals surface area (Å²) < 4.78 is 0. The lowest BCUT2D eigenvalue weighted by molar-refractivity contribution is 0.440. The van der Waals surface area contributed by atoms with Crippen molar-refractivity contribution in [2.75, 3.05) is 0 Å². The summed E-state index contributed by atoms with van der Waals surface area (Å²) in [5.41, 5.74) is 0. The SMILES string of the molecule is [CH2]CCCCCCC(C)CCC/C=C/CCCCC(C)CCCCCC[CH2]. The van der Waals surface area contributed by atoms with E-state index in [0.29, 0.717) is 0 Å². The van der Waals surface area contributed by atoms with E-state index in [1.807, 2.05) is 0 Å². The van der Waals surface area contributed by atoms with Crippen molar-refractivity contribution in [3.05, 3.63) is 26.0 Å². The predicted octanol–water partition coefficient (Wildman–Crippen LogP) is 9.89. The molecule has 2 radical (unpaired) electrons. The molecule has 0 saturated heterocycles. The van der Waals surface area contributed by atoms with Crippen LogP contribution in [0, 0.1) is 25.7 Å². The molecular weight excluding hydrogens is 324 g/mol. The summed E-state index contributed by atoms with van der Waals surface area (Å²) in [6, 6.07) is 0. The van der Waals surface area contributed by atoms with Gasteiger partial charge in [0.25, 0.3) is 0 Å². The first-order chi connectivity index (χ1) is 13.2. The minimum absolute atomic E-state index is 0.915. The van der Waals surface area contributed by atoms with Crippen LogP contribution in [-0.2, 0) is 0 Å². The van der Waals surface area contributed by atoms with Gasteiger partial charge in [-0.25, -0.2) is 0 Å². The molecule has 160 valence electrons. The fourth-order valence-corrected chi connectivity index (χ4v) is 3.91. The molecule has 2 unspecified atom stereocenters. The van der Waals surface area contributed by atoms with Crippen LogP contribution in [0.2, 0.25) is 0 Å². The third-order valence-corrected chi connectivity index (χ3v) is 5.95. The zero-order chi connectivity index (χ0) is 20.0. The summed E-state index contributed by atoms with van der Waals surface area (Å²) in [5, 5.41) is 0. The highest BCUT2D eigenvalue weighted by Gasteiger charge is 2.02. The van der Waals surface area contributed by atoms with Gasteiger partial charge < -0.3 is 0 Å². The molecule has 0 aliphatic rings. The van der Waals surface area contributed by atoms with Crippen LogP contribution in [0.3, 0.4) is 0 Å². The van der Waals surface area contributed by atoms with Crippen LogP contribution in [0.25, 0.3) is 0 Å². The summed E-state index contributed by atoms with van der Waals surface area (Å²) >= 11 is 0. The van der Waals surface area contributed by atoms with Crippen molar-refractivity contribution in [1.29, 1.82) is 0 Å². The van der Waals surface area contributed by atoms with Gasteiger partial charge in [0.15, 0.2) is 0 Å². The van der Waals surface area contributed by atoms with Crippen LogP contribution >= 0.6 is 0 Å². The number of hydrogen-bond acceptors (Lipinski definition) is 0. The summed E-state index contributed by atoms with van der Waals surface area (Å²) in [7, 11) is 0. The third-order valence-electron chi connectivity index (χ3n) is 5.95. The monoisotopic (exact) mass is 376 g/mol. The van der Waals surface area contributed by atoms with Crippen molar-refractivity contribution >= 4 is 0 Å². The fourth-order valence-electron chi connectivity index (χ4n) is 3.91. The Kier molecular flexibility index (Phi) is 21.8. The second kappa shape index (κ2) is 22.0. The van der Waals surface area contributed by atoms with Gasteiger partial charge in [-0.1, -0.05) is 136 Å². The highest BCUT2D eigenvalue weighted by Crippen LogP contribution is 2.18. The quantitative estimate of drug-likeness (QED) is 0.138. The Morgan fingerprint density at radius 3 is 1.33 bits per heavy atom. The molecule has 0 heterocycles. The van der Waals surface area contributed by atoms with Crippen LogP contribution in [0.1, 0.15) is 136 Å². The summed E-state index contributed by atoms with van der Waals surface area (Å²) in [6.45, 7) is 12.7. The zero-order valence-electron chi connectivity index (χ0n) is 19.2. The zero-order valence-corrected chi connectivity index (χ0v) is 19.2. The number of allylic oxidation sites excluding steroid dienone is 2. The van der Waals surface area contributed by atoms with Gasteiger partial charge >= 0.3 is 0 Å². The molecule has 0 nitrogen and oxygen atoms in total. The maximum absolute atomic E-state index is 3.92. The van der Waals surface area contributed by atoms with Crippen molar-refractivity contribution in [2.45, 2.75) is 136 Å². The molecule has 0 aromatic rings. The Hall–Kier alpha value is -0.260. The molecular formula is C27H52. The van der Waals surface area contributed by atoms with Crippen LogP contribution < -0.4 is 0 Å². The van der Waals surface area contributed by atoms with E-state index in [0.717, 1.165) is 24.7 Å². The van der Waals surface area contributed by atoms with Gasteiger partial charge in [-0.3, -0.25) is 0 Å². The molecule has 0 saturated carbocycles. The van der Waals surface area contributed by atoms with Crippen LogP contribution in [-0.4, -0.2) is 0 Å². The number of unbranched alkanes of at least 4 members (excludes halogenated alkanes) is 11. The molecule has 0 heteroatoms. The van der Waals surface area contributed by atoms with Gasteiger partial charge in [-0.2, -0.15) is 0 Å². The van der Waals surface area contributed by atoms with Crippen LogP contribution in [0.15, 0.2) is 12.2 Å². The van der Waals surface area contributed by atoms with E-state index in [2.05, 4.69) is 39.8 Å². The largest absolute Gasteiger partial charge is 0.0885 e. The van der Waals surface area contributed by atoms with Crippen molar-refractivity contribution in [2.24, 2.45) is 11.8 Å². The molecule has 0 aromatic carbocycles. The van der Waals surface area contributed by atoms with Gasteiger partial charge in [-0.15, -0.1) is 0 Å². The van der Waals surface area contributed by atoms with Crippen LogP contribution in [0.4, 0.5) is 0 Å². The average molecular weight is 377 g/mol. The Bertz CT molecular complexity index is 290. The Labute approximate surface area is 174 Å². The molecule has 0 aromatic heterocycles. The molecule has 0 N–H and O–H groups in total. The van der Waals surface area contributed by atoms with Crippen molar-refractivity contribution in [3.8, 4) is 0 Å². The van der Waals surface area contributed by atoms with Gasteiger partial charge in [0.2, 0.25) is 0 Å². The third kappa shape index (κ3) is 21.9. The van der Waals surface area contributed by atoms with E-state index in [1.165, 1.54) is 109 Å². The highest BCUT2D eigenvalue weighted by atomic mass is 14.1. The number of rotatable bonds is 21. The average Bonchev–Trinajstić information content (AvgIpc) is 2.66. The topological polar surface area (TPSA) is 0 Å². The van der Waals surface area contributed by atoms with E-state index >= 15 is 0 Å². The van der Waals surface area contributed by atoms with Crippen LogP contribution in [0.5, 0.6) is 0 Å². The maximum atomic E-state index is 3.92. The molecule has 0 fully saturated rings. The molecule has 0 amide bonds. The summed E-state index contributed by atoms with van der Waals surface area (Å²) in [4.78, 5) is 0. The van der Waals surface area contributed by atoms with E-state index in [9.17, 15) is 0 Å².